The molecule has 4 rings (SSSR count). The molecule has 8 heteroatoms. The molecule has 0 aliphatic carbocycles. The Kier molecular flexibility index (Phi) is 5.13. The summed E-state index contributed by atoms with van der Waals surface area (Å²) in [5.41, 5.74) is 2.57. The molecule has 0 saturated heterocycles. The van der Waals surface area contributed by atoms with Crippen LogP contribution in [0.2, 0.25) is 15.1 Å². The lowest BCUT2D eigenvalue weighted by Crippen LogP contribution is -2.16. The maximum atomic E-state index is 12.1. The molecule has 5 nitrogen and oxygen atoms in total. The summed E-state index contributed by atoms with van der Waals surface area (Å²) in [6.45, 7) is 0. The molecule has 0 aliphatic heterocycles. The van der Waals surface area contributed by atoms with Crippen molar-refractivity contribution in [2.75, 3.05) is 5.32 Å². The maximum Gasteiger partial charge on any atom is 0.417 e. The molecule has 1 heterocycles. The number of nitrogens with zero attached hydrogens (tertiary/aromatic N) is 1. The summed E-state index contributed by atoms with van der Waals surface area (Å²) < 4.78 is 5.34. The number of anilines is 1. The molecule has 28 heavy (non-hydrogen) atoms. The van der Waals surface area contributed by atoms with Crippen LogP contribution in [0.15, 0.2) is 60.7 Å². The van der Waals surface area contributed by atoms with Gasteiger partial charge in [0.05, 0.1) is 26.6 Å². The predicted octanol–water partition coefficient (Wildman–Crippen LogP) is 6.80. The van der Waals surface area contributed by atoms with E-state index in [-0.39, 0.29) is 0 Å². The van der Waals surface area contributed by atoms with Crippen molar-refractivity contribution in [3.63, 3.8) is 0 Å². The zero-order valence-electron chi connectivity index (χ0n) is 14.2. The molecule has 4 aromatic rings. The van der Waals surface area contributed by atoms with E-state index in [9.17, 15) is 4.79 Å². The molecule has 0 bridgehead atoms. The van der Waals surface area contributed by atoms with Crippen LogP contribution in [-0.2, 0) is 0 Å². The van der Waals surface area contributed by atoms with E-state index in [1.54, 1.807) is 60.7 Å². The van der Waals surface area contributed by atoms with Crippen LogP contribution in [0.1, 0.15) is 0 Å². The summed E-state index contributed by atoms with van der Waals surface area (Å²) in [6.07, 6.45) is -0.615. The van der Waals surface area contributed by atoms with Gasteiger partial charge in [-0.2, -0.15) is 0 Å². The highest BCUT2D eigenvalue weighted by molar-refractivity contribution is 6.39. The molecule has 3 aromatic carbocycles. The van der Waals surface area contributed by atoms with Crippen molar-refractivity contribution >= 4 is 57.6 Å². The topological polar surface area (TPSA) is 67.0 Å². The normalized spacial score (nSPS) is 10.8. The van der Waals surface area contributed by atoms with Crippen molar-refractivity contribution in [2.45, 2.75) is 0 Å². The molecule has 0 saturated carbocycles. The Morgan fingerprint density at radius 1 is 0.964 bits per heavy atom. The molecule has 0 radical (unpaired) electrons. The number of hydrogen-bond donors (Lipinski definition) is 2. The molecular formula is C20H12Cl3N3O2. The first-order chi connectivity index (χ1) is 13.5. The smallest absolute Gasteiger partial charge is 0.410 e. The van der Waals surface area contributed by atoms with Gasteiger partial charge in [-0.25, -0.2) is 9.78 Å². The van der Waals surface area contributed by atoms with Gasteiger partial charge in [0.25, 0.3) is 0 Å². The highest BCUT2D eigenvalue weighted by atomic mass is 35.5. The number of rotatable bonds is 3. The summed E-state index contributed by atoms with van der Waals surface area (Å²) >= 11 is 18.3. The number of ether oxygens (including phenoxy) is 1. The van der Waals surface area contributed by atoms with Gasteiger partial charge in [-0.3, -0.25) is 5.32 Å². The fourth-order valence-electron chi connectivity index (χ4n) is 2.68. The number of carbonyl (C=O) groups excluding carboxylic acids is 1. The SMILES string of the molecule is O=C(Nc1ccc(Cl)cc1)Oc1ccc2nc(-c3c(Cl)cccc3Cl)[nH]c2c1. The number of halogens is 3. The summed E-state index contributed by atoms with van der Waals surface area (Å²) in [4.78, 5) is 19.8. The van der Waals surface area contributed by atoms with Crippen molar-refractivity contribution in [3.05, 3.63) is 75.7 Å². The number of benzene rings is 3. The van der Waals surface area contributed by atoms with Gasteiger partial charge >= 0.3 is 6.09 Å². The number of H-pyrrole nitrogens is 1. The second-order valence-electron chi connectivity index (χ2n) is 5.88. The molecule has 2 N–H and O–H groups in total. The third kappa shape index (κ3) is 3.92. The number of nitrogens with one attached hydrogen (secondary N) is 2. The second kappa shape index (κ2) is 7.72. The van der Waals surface area contributed by atoms with E-state index in [0.29, 0.717) is 48.9 Å². The Labute approximate surface area is 175 Å². The summed E-state index contributed by atoms with van der Waals surface area (Å²) in [7, 11) is 0. The van der Waals surface area contributed by atoms with Crippen LogP contribution in [0, 0.1) is 0 Å². The van der Waals surface area contributed by atoms with Gasteiger partial charge in [0.2, 0.25) is 0 Å². The standard InChI is InChI=1S/C20H12Cl3N3O2/c21-11-4-6-12(7-5-11)24-20(27)28-13-8-9-16-17(10-13)26-19(25-16)18-14(22)2-1-3-15(18)23/h1-10H,(H,24,27)(H,25,26). The minimum Gasteiger partial charge on any atom is -0.410 e. The van der Waals surface area contributed by atoms with Crippen molar-refractivity contribution in [3.8, 4) is 17.1 Å². The summed E-state index contributed by atoms with van der Waals surface area (Å²) in [6, 6.07) is 17.0. The average Bonchev–Trinajstić information content (AvgIpc) is 3.06. The first-order valence-corrected chi connectivity index (χ1v) is 9.31. The number of aromatic amines is 1. The predicted molar refractivity (Wildman–Crippen MR) is 113 cm³/mol. The number of fused-ring (bicyclic) bond motifs is 1. The van der Waals surface area contributed by atoms with Gasteiger partial charge in [-0.15, -0.1) is 0 Å². The van der Waals surface area contributed by atoms with Crippen molar-refractivity contribution in [1.82, 2.24) is 9.97 Å². The first kappa shape index (κ1) is 18.6. The molecule has 1 aromatic heterocycles. The van der Waals surface area contributed by atoms with Gasteiger partial charge in [-0.05, 0) is 48.5 Å². The van der Waals surface area contributed by atoms with Crippen molar-refractivity contribution in [2.24, 2.45) is 0 Å². The molecule has 0 atom stereocenters. The van der Waals surface area contributed by atoms with Crippen LogP contribution in [0.4, 0.5) is 10.5 Å². The van der Waals surface area contributed by atoms with Crippen molar-refractivity contribution < 1.29 is 9.53 Å². The van der Waals surface area contributed by atoms with Crippen LogP contribution < -0.4 is 10.1 Å². The Hall–Kier alpha value is -2.73. The molecule has 0 fully saturated rings. The van der Waals surface area contributed by atoms with Crippen LogP contribution in [0.5, 0.6) is 5.75 Å². The summed E-state index contributed by atoms with van der Waals surface area (Å²) in [5.74, 6) is 0.896. The zero-order chi connectivity index (χ0) is 19.7. The highest BCUT2D eigenvalue weighted by Crippen LogP contribution is 2.34. The molecular weight excluding hydrogens is 421 g/mol. The van der Waals surface area contributed by atoms with Crippen LogP contribution in [-0.4, -0.2) is 16.1 Å². The van der Waals surface area contributed by atoms with Crippen molar-refractivity contribution in [1.29, 1.82) is 0 Å². The quantitative estimate of drug-likeness (QED) is 0.374. The van der Waals surface area contributed by atoms with Gasteiger partial charge in [0.15, 0.2) is 0 Å². The minimum atomic E-state index is -0.615. The van der Waals surface area contributed by atoms with Crippen LogP contribution in [0.25, 0.3) is 22.4 Å². The Morgan fingerprint density at radius 3 is 2.39 bits per heavy atom. The van der Waals surface area contributed by atoms with Gasteiger partial charge in [0, 0.05) is 16.8 Å². The van der Waals surface area contributed by atoms with E-state index in [0.717, 1.165) is 0 Å². The van der Waals surface area contributed by atoms with E-state index >= 15 is 0 Å². The third-order valence-corrected chi connectivity index (χ3v) is 4.84. The van der Waals surface area contributed by atoms with E-state index in [4.69, 9.17) is 39.5 Å². The minimum absolute atomic E-state index is 0.361. The monoisotopic (exact) mass is 431 g/mol. The number of amides is 1. The van der Waals surface area contributed by atoms with Crippen LogP contribution in [0.3, 0.4) is 0 Å². The Morgan fingerprint density at radius 2 is 1.68 bits per heavy atom. The molecule has 0 aliphatic rings. The lowest BCUT2D eigenvalue weighted by atomic mass is 10.2. The maximum absolute atomic E-state index is 12.1. The number of imidazole rings is 1. The van der Waals surface area contributed by atoms with E-state index in [1.165, 1.54) is 0 Å². The van der Waals surface area contributed by atoms with E-state index < -0.39 is 6.09 Å². The van der Waals surface area contributed by atoms with E-state index in [1.807, 2.05) is 0 Å². The van der Waals surface area contributed by atoms with E-state index in [2.05, 4.69) is 15.3 Å². The average molecular weight is 433 g/mol. The van der Waals surface area contributed by atoms with Gasteiger partial charge in [0.1, 0.15) is 11.6 Å². The lowest BCUT2D eigenvalue weighted by Gasteiger charge is -2.06. The Bertz CT molecular complexity index is 1150. The van der Waals surface area contributed by atoms with Crippen LogP contribution >= 0.6 is 34.8 Å². The Balaban J connectivity index is 1.56. The molecule has 0 spiro atoms. The third-order valence-electron chi connectivity index (χ3n) is 3.95. The fraction of sp³-hybridized carbons (Fsp3) is 0. The summed E-state index contributed by atoms with van der Waals surface area (Å²) in [5, 5.41) is 4.19. The molecule has 0 unspecified atom stereocenters. The largest absolute Gasteiger partial charge is 0.417 e. The number of aromatic nitrogens is 2. The zero-order valence-corrected chi connectivity index (χ0v) is 16.4. The fourth-order valence-corrected chi connectivity index (χ4v) is 3.38. The number of carbonyl (C=O) groups is 1. The molecule has 1 amide bonds. The van der Waals surface area contributed by atoms with Gasteiger partial charge < -0.3 is 9.72 Å². The first-order valence-electron chi connectivity index (χ1n) is 8.18. The second-order valence-corrected chi connectivity index (χ2v) is 7.13. The highest BCUT2D eigenvalue weighted by Gasteiger charge is 2.14. The number of hydrogen-bond acceptors (Lipinski definition) is 3. The lowest BCUT2D eigenvalue weighted by molar-refractivity contribution is 0.215. The van der Waals surface area contributed by atoms with Gasteiger partial charge in [-0.1, -0.05) is 40.9 Å². The molecule has 140 valence electrons.